The summed E-state index contributed by atoms with van der Waals surface area (Å²) < 4.78 is 0. The summed E-state index contributed by atoms with van der Waals surface area (Å²) in [5.74, 6) is 0.252. The Balaban J connectivity index is 0.00000112. The average molecular weight is 251 g/mol. The van der Waals surface area contributed by atoms with Gasteiger partial charge in [-0.1, -0.05) is 6.92 Å². The zero-order chi connectivity index (χ0) is 10.2. The van der Waals surface area contributed by atoms with Crippen molar-refractivity contribution >= 4 is 30.1 Å². The van der Waals surface area contributed by atoms with Crippen LogP contribution in [-0.4, -0.2) is 41.1 Å². The fourth-order valence-electron chi connectivity index (χ4n) is 2.15. The highest BCUT2D eigenvalue weighted by Crippen LogP contribution is 2.41. The van der Waals surface area contributed by atoms with Crippen LogP contribution in [0.2, 0.25) is 0 Å². The second-order valence-electron chi connectivity index (χ2n) is 4.30. The quantitative estimate of drug-likeness (QED) is 0.765. The van der Waals surface area contributed by atoms with Crippen LogP contribution < -0.4 is 5.32 Å². The lowest BCUT2D eigenvalue weighted by atomic mass is 10.0. The molecule has 88 valence electrons. The number of carbonyl (C=O) groups excluding carboxylic acids is 1. The molecule has 0 bridgehead atoms. The van der Waals surface area contributed by atoms with E-state index in [2.05, 4.69) is 24.2 Å². The molecule has 1 amide bonds. The Morgan fingerprint density at radius 1 is 1.53 bits per heavy atom. The molecule has 1 N–H and O–H groups in total. The third kappa shape index (κ3) is 2.60. The van der Waals surface area contributed by atoms with Gasteiger partial charge in [0.15, 0.2) is 0 Å². The molecular formula is C10H19ClN2OS. The fourth-order valence-corrected chi connectivity index (χ4v) is 3.61. The first kappa shape index (κ1) is 13.1. The number of rotatable bonds is 1. The molecule has 0 aromatic heterocycles. The van der Waals surface area contributed by atoms with Crippen molar-refractivity contribution in [3.63, 3.8) is 0 Å². The zero-order valence-electron chi connectivity index (χ0n) is 9.28. The van der Waals surface area contributed by atoms with Gasteiger partial charge in [-0.3, -0.25) is 4.79 Å². The average Bonchev–Trinajstić information content (AvgIpc) is 2.49. The van der Waals surface area contributed by atoms with E-state index in [1.54, 1.807) is 0 Å². The van der Waals surface area contributed by atoms with E-state index < -0.39 is 0 Å². The van der Waals surface area contributed by atoms with Gasteiger partial charge in [0.2, 0.25) is 5.91 Å². The Bertz CT molecular complexity index is 242. The molecule has 0 radical (unpaired) electrons. The Morgan fingerprint density at radius 2 is 2.13 bits per heavy atom. The highest BCUT2D eigenvalue weighted by Gasteiger charge is 2.45. The number of nitrogens with zero attached hydrogens (tertiary/aromatic N) is 1. The number of hydrogen-bond acceptors (Lipinski definition) is 3. The maximum Gasteiger partial charge on any atom is 0.234 e. The van der Waals surface area contributed by atoms with E-state index in [9.17, 15) is 4.79 Å². The summed E-state index contributed by atoms with van der Waals surface area (Å²) in [6, 6.07) is 0. The minimum atomic E-state index is 0. The first-order valence-electron chi connectivity index (χ1n) is 5.33. The topological polar surface area (TPSA) is 32.3 Å². The van der Waals surface area contributed by atoms with E-state index in [-0.39, 0.29) is 28.4 Å². The van der Waals surface area contributed by atoms with Gasteiger partial charge in [0.05, 0.1) is 10.1 Å². The van der Waals surface area contributed by atoms with Gasteiger partial charge in [-0.05, 0) is 26.3 Å². The summed E-state index contributed by atoms with van der Waals surface area (Å²) in [6.07, 6.45) is 3.14. The van der Waals surface area contributed by atoms with Crippen LogP contribution in [0.25, 0.3) is 0 Å². The minimum absolute atomic E-state index is 0. The van der Waals surface area contributed by atoms with Gasteiger partial charge >= 0.3 is 0 Å². The number of hydrogen-bond donors (Lipinski definition) is 1. The number of nitrogens with one attached hydrogen (secondary N) is 1. The molecule has 2 heterocycles. The van der Waals surface area contributed by atoms with Crippen LogP contribution in [0.1, 0.15) is 26.2 Å². The number of thioether (sulfide) groups is 1. The van der Waals surface area contributed by atoms with Crippen LogP contribution in [0.4, 0.5) is 0 Å². The van der Waals surface area contributed by atoms with Crippen LogP contribution in [0.5, 0.6) is 0 Å². The Hall–Kier alpha value is 0.0700. The first-order chi connectivity index (χ1) is 6.65. The van der Waals surface area contributed by atoms with Crippen LogP contribution in [0.15, 0.2) is 0 Å². The lowest BCUT2D eigenvalue weighted by Gasteiger charge is -2.36. The predicted octanol–water partition coefficient (Wildman–Crippen LogP) is 1.47. The molecule has 2 aliphatic heterocycles. The maximum absolute atomic E-state index is 11.6. The Labute approximate surface area is 102 Å². The summed E-state index contributed by atoms with van der Waals surface area (Å²) in [6.45, 7) is 4.29. The Kier molecular flexibility index (Phi) is 4.32. The van der Waals surface area contributed by atoms with Crippen molar-refractivity contribution in [2.24, 2.45) is 0 Å². The van der Waals surface area contributed by atoms with Crippen LogP contribution in [0, 0.1) is 0 Å². The summed E-state index contributed by atoms with van der Waals surface area (Å²) in [5, 5.41) is 3.38. The molecule has 2 rings (SSSR count). The van der Waals surface area contributed by atoms with Crippen LogP contribution in [0.3, 0.4) is 0 Å². The van der Waals surface area contributed by atoms with Gasteiger partial charge in [-0.25, -0.2) is 0 Å². The van der Waals surface area contributed by atoms with Gasteiger partial charge in [-0.2, -0.15) is 0 Å². The second-order valence-corrected chi connectivity index (χ2v) is 5.89. The molecule has 2 aliphatic rings. The number of halogens is 1. The van der Waals surface area contributed by atoms with Gasteiger partial charge in [0.25, 0.3) is 0 Å². The van der Waals surface area contributed by atoms with Crippen molar-refractivity contribution in [3.05, 3.63) is 0 Å². The standard InChI is InChI=1S/C10H18N2OS.ClH/c1-3-8-9(13)11-10(14-8)4-6-12(2)7-5-10;/h8H,3-7H2,1-2H3,(H,11,13);1H/t8-;/m0./s1. The third-order valence-corrected chi connectivity index (χ3v) is 4.97. The van der Waals surface area contributed by atoms with Gasteiger partial charge < -0.3 is 10.2 Å². The molecule has 5 heteroatoms. The molecule has 1 spiro atoms. The molecule has 3 nitrogen and oxygen atoms in total. The molecule has 2 fully saturated rings. The first-order valence-corrected chi connectivity index (χ1v) is 6.21. The lowest BCUT2D eigenvalue weighted by molar-refractivity contribution is -0.120. The number of carbonyl (C=O) groups is 1. The molecule has 0 unspecified atom stereocenters. The van der Waals surface area contributed by atoms with E-state index in [4.69, 9.17) is 0 Å². The van der Waals surface area contributed by atoms with Crippen molar-refractivity contribution in [2.45, 2.75) is 36.3 Å². The summed E-state index contributed by atoms with van der Waals surface area (Å²) in [4.78, 5) is 14.0. The molecule has 0 saturated carbocycles. The van der Waals surface area contributed by atoms with Crippen molar-refractivity contribution < 1.29 is 4.79 Å². The summed E-state index contributed by atoms with van der Waals surface area (Å²) in [5.41, 5.74) is 0. The summed E-state index contributed by atoms with van der Waals surface area (Å²) >= 11 is 1.86. The van der Waals surface area contributed by atoms with Crippen molar-refractivity contribution in [1.82, 2.24) is 10.2 Å². The van der Waals surface area contributed by atoms with Gasteiger partial charge in [-0.15, -0.1) is 24.2 Å². The lowest BCUT2D eigenvalue weighted by Crippen LogP contribution is -2.48. The van der Waals surface area contributed by atoms with E-state index in [0.29, 0.717) is 0 Å². The number of piperidine rings is 1. The van der Waals surface area contributed by atoms with E-state index in [0.717, 1.165) is 32.4 Å². The zero-order valence-corrected chi connectivity index (χ0v) is 10.9. The molecule has 0 aromatic rings. The molecule has 0 aliphatic carbocycles. The largest absolute Gasteiger partial charge is 0.341 e. The van der Waals surface area contributed by atoms with Crippen LogP contribution in [-0.2, 0) is 4.79 Å². The number of amides is 1. The van der Waals surface area contributed by atoms with Crippen molar-refractivity contribution in [1.29, 1.82) is 0 Å². The van der Waals surface area contributed by atoms with E-state index in [1.165, 1.54) is 0 Å². The monoisotopic (exact) mass is 250 g/mol. The van der Waals surface area contributed by atoms with Crippen molar-refractivity contribution in [3.8, 4) is 0 Å². The molecule has 1 atom stereocenters. The summed E-state index contributed by atoms with van der Waals surface area (Å²) in [7, 11) is 2.14. The van der Waals surface area contributed by atoms with E-state index in [1.807, 2.05) is 11.8 Å². The van der Waals surface area contributed by atoms with Gasteiger partial charge in [0.1, 0.15) is 0 Å². The second kappa shape index (κ2) is 4.93. The molecular weight excluding hydrogens is 232 g/mol. The fraction of sp³-hybridized carbons (Fsp3) is 0.900. The normalized spacial score (nSPS) is 30.0. The van der Waals surface area contributed by atoms with Crippen molar-refractivity contribution in [2.75, 3.05) is 20.1 Å². The number of likely N-dealkylation sites (tertiary alicyclic amines) is 1. The smallest absolute Gasteiger partial charge is 0.234 e. The third-order valence-electron chi connectivity index (χ3n) is 3.18. The molecule has 15 heavy (non-hydrogen) atoms. The van der Waals surface area contributed by atoms with E-state index >= 15 is 0 Å². The highest BCUT2D eigenvalue weighted by atomic mass is 35.5. The molecule has 0 aromatic carbocycles. The maximum atomic E-state index is 11.6. The Morgan fingerprint density at radius 3 is 2.60 bits per heavy atom. The predicted molar refractivity (Wildman–Crippen MR) is 66.5 cm³/mol. The highest BCUT2D eigenvalue weighted by molar-refractivity contribution is 8.02. The SMILES string of the molecule is CC[C@@H]1SC2(CCN(C)CC2)NC1=O.Cl. The molecule has 2 saturated heterocycles. The van der Waals surface area contributed by atoms with Crippen LogP contribution >= 0.6 is 24.2 Å². The van der Waals surface area contributed by atoms with Gasteiger partial charge in [0, 0.05) is 13.1 Å². The minimum Gasteiger partial charge on any atom is -0.341 e.